The Bertz CT molecular complexity index is 574. The van der Waals surface area contributed by atoms with Gasteiger partial charge in [-0.1, -0.05) is 0 Å². The maximum absolute atomic E-state index is 4.83. The normalized spacial score (nSPS) is 16.2. The van der Waals surface area contributed by atoms with Gasteiger partial charge in [0, 0.05) is 42.5 Å². The van der Waals surface area contributed by atoms with E-state index < -0.39 is 0 Å². The monoisotopic (exact) mass is 247 g/mol. The van der Waals surface area contributed by atoms with Crippen LogP contribution in [0.15, 0.2) is 6.07 Å². The van der Waals surface area contributed by atoms with Gasteiger partial charge in [0.15, 0.2) is 0 Å². The molecule has 0 aromatic carbocycles. The third kappa shape index (κ3) is 1.72. The highest BCUT2D eigenvalue weighted by molar-refractivity contribution is 7.19. The van der Waals surface area contributed by atoms with E-state index in [4.69, 9.17) is 4.98 Å². The van der Waals surface area contributed by atoms with Crippen LogP contribution in [0.5, 0.6) is 0 Å². The highest BCUT2D eigenvalue weighted by atomic mass is 32.1. The van der Waals surface area contributed by atoms with Gasteiger partial charge in [-0.3, -0.25) is 0 Å². The average Bonchev–Trinajstić information content (AvgIpc) is 2.60. The first-order valence-corrected chi connectivity index (χ1v) is 6.79. The summed E-state index contributed by atoms with van der Waals surface area (Å²) >= 11 is 1.79. The third-order valence-corrected chi connectivity index (χ3v) is 4.46. The number of pyridine rings is 1. The van der Waals surface area contributed by atoms with Crippen molar-refractivity contribution in [2.75, 3.05) is 26.0 Å². The Morgan fingerprint density at radius 3 is 3.06 bits per heavy atom. The molecule has 3 rings (SSSR count). The fraction of sp³-hybridized carbons (Fsp3) is 0.462. The van der Waals surface area contributed by atoms with E-state index >= 15 is 0 Å². The van der Waals surface area contributed by atoms with Crippen LogP contribution in [0.4, 0.5) is 5.69 Å². The second-order valence-corrected chi connectivity index (χ2v) is 5.92. The smallest absolute Gasteiger partial charge is 0.125 e. The number of anilines is 1. The van der Waals surface area contributed by atoms with Crippen molar-refractivity contribution in [3.8, 4) is 0 Å². The Morgan fingerprint density at radius 2 is 2.29 bits per heavy atom. The Kier molecular flexibility index (Phi) is 2.56. The first-order valence-electron chi connectivity index (χ1n) is 5.97. The van der Waals surface area contributed by atoms with Crippen LogP contribution in [0.1, 0.15) is 16.1 Å². The minimum absolute atomic E-state index is 1.02. The van der Waals surface area contributed by atoms with Crippen molar-refractivity contribution in [1.82, 2.24) is 9.88 Å². The molecule has 0 spiro atoms. The van der Waals surface area contributed by atoms with Crippen LogP contribution < -0.4 is 5.32 Å². The molecule has 3 heterocycles. The van der Waals surface area contributed by atoms with Gasteiger partial charge in [-0.15, -0.1) is 11.3 Å². The molecule has 1 N–H and O–H groups in total. The fourth-order valence-corrected chi connectivity index (χ4v) is 3.58. The van der Waals surface area contributed by atoms with E-state index in [0.29, 0.717) is 0 Å². The predicted octanol–water partition coefficient (Wildman–Crippen LogP) is 2.63. The van der Waals surface area contributed by atoms with Crippen LogP contribution in [0, 0.1) is 6.92 Å². The van der Waals surface area contributed by atoms with Crippen molar-refractivity contribution in [2.24, 2.45) is 0 Å². The first-order chi connectivity index (χ1) is 8.19. The molecular formula is C13H17N3S. The van der Waals surface area contributed by atoms with Gasteiger partial charge in [-0.2, -0.15) is 0 Å². The zero-order chi connectivity index (χ0) is 12.0. The molecule has 17 heavy (non-hydrogen) atoms. The van der Waals surface area contributed by atoms with Gasteiger partial charge in [0.05, 0.1) is 5.69 Å². The van der Waals surface area contributed by atoms with Gasteiger partial charge in [0.1, 0.15) is 4.83 Å². The number of aryl methyl sites for hydroxylation is 1. The summed E-state index contributed by atoms with van der Waals surface area (Å²) in [6, 6.07) is 2.32. The van der Waals surface area contributed by atoms with Crippen molar-refractivity contribution in [2.45, 2.75) is 19.9 Å². The molecule has 0 radical (unpaired) electrons. The molecule has 3 nitrogen and oxygen atoms in total. The lowest BCUT2D eigenvalue weighted by molar-refractivity contribution is 0.310. The van der Waals surface area contributed by atoms with E-state index in [2.05, 4.69) is 30.3 Å². The molecule has 2 aromatic heterocycles. The fourth-order valence-electron chi connectivity index (χ4n) is 2.55. The van der Waals surface area contributed by atoms with Gasteiger partial charge in [0.2, 0.25) is 0 Å². The van der Waals surface area contributed by atoms with Gasteiger partial charge < -0.3 is 10.2 Å². The molecule has 90 valence electrons. The highest BCUT2D eigenvalue weighted by Crippen LogP contribution is 2.35. The van der Waals surface area contributed by atoms with E-state index in [0.717, 1.165) is 19.5 Å². The molecule has 0 amide bonds. The van der Waals surface area contributed by atoms with Crippen LogP contribution in [-0.4, -0.2) is 30.5 Å². The number of fused-ring (bicyclic) bond motifs is 2. The number of nitrogens with one attached hydrogen (secondary N) is 1. The SMILES string of the molecule is CNc1c(C)sc2nc3c(cc12)CN(C)CC3. The molecule has 2 aromatic rings. The highest BCUT2D eigenvalue weighted by Gasteiger charge is 2.18. The summed E-state index contributed by atoms with van der Waals surface area (Å²) in [6.45, 7) is 4.30. The van der Waals surface area contributed by atoms with Crippen LogP contribution in [0.3, 0.4) is 0 Å². The van der Waals surface area contributed by atoms with Crippen LogP contribution in [0.2, 0.25) is 0 Å². The van der Waals surface area contributed by atoms with Crippen molar-refractivity contribution >= 4 is 27.2 Å². The Morgan fingerprint density at radius 1 is 1.47 bits per heavy atom. The number of thiophene rings is 1. The summed E-state index contributed by atoms with van der Waals surface area (Å²) < 4.78 is 0. The molecule has 0 atom stereocenters. The number of aromatic nitrogens is 1. The lowest BCUT2D eigenvalue weighted by Gasteiger charge is -2.24. The van der Waals surface area contributed by atoms with Gasteiger partial charge >= 0.3 is 0 Å². The Labute approximate surface area is 105 Å². The van der Waals surface area contributed by atoms with Crippen molar-refractivity contribution in [3.63, 3.8) is 0 Å². The number of rotatable bonds is 1. The van der Waals surface area contributed by atoms with Gasteiger partial charge in [0.25, 0.3) is 0 Å². The number of likely N-dealkylation sites (N-methyl/N-ethyl adjacent to an activating group) is 1. The van der Waals surface area contributed by atoms with E-state index in [1.807, 2.05) is 7.05 Å². The molecule has 0 bridgehead atoms. The van der Waals surface area contributed by atoms with Crippen molar-refractivity contribution < 1.29 is 0 Å². The summed E-state index contributed by atoms with van der Waals surface area (Å²) in [6.07, 6.45) is 1.08. The van der Waals surface area contributed by atoms with Crippen molar-refractivity contribution in [3.05, 3.63) is 22.2 Å². The molecular weight excluding hydrogens is 230 g/mol. The Hall–Kier alpha value is -1.13. The van der Waals surface area contributed by atoms with Gasteiger partial charge in [-0.05, 0) is 25.6 Å². The molecule has 0 aliphatic carbocycles. The maximum Gasteiger partial charge on any atom is 0.125 e. The van der Waals surface area contributed by atoms with Crippen LogP contribution in [-0.2, 0) is 13.0 Å². The van der Waals surface area contributed by atoms with E-state index in [1.54, 1.807) is 11.3 Å². The first kappa shape index (κ1) is 11.0. The average molecular weight is 247 g/mol. The molecule has 0 fully saturated rings. The Balaban J connectivity index is 2.22. The summed E-state index contributed by atoms with van der Waals surface area (Å²) in [7, 11) is 4.16. The second kappa shape index (κ2) is 3.96. The summed E-state index contributed by atoms with van der Waals surface area (Å²) in [4.78, 5) is 9.69. The van der Waals surface area contributed by atoms with Crippen molar-refractivity contribution in [1.29, 1.82) is 0 Å². The van der Waals surface area contributed by atoms with E-state index in [9.17, 15) is 0 Å². The molecule has 0 saturated carbocycles. The predicted molar refractivity (Wildman–Crippen MR) is 73.9 cm³/mol. The lowest BCUT2D eigenvalue weighted by Crippen LogP contribution is -2.27. The topological polar surface area (TPSA) is 28.2 Å². The zero-order valence-corrected chi connectivity index (χ0v) is 11.3. The largest absolute Gasteiger partial charge is 0.387 e. The molecule has 4 heteroatoms. The van der Waals surface area contributed by atoms with Crippen LogP contribution >= 0.6 is 11.3 Å². The minimum Gasteiger partial charge on any atom is -0.387 e. The summed E-state index contributed by atoms with van der Waals surface area (Å²) in [5.41, 5.74) is 3.92. The third-order valence-electron chi connectivity index (χ3n) is 3.45. The number of hydrogen-bond acceptors (Lipinski definition) is 4. The standard InChI is InChI=1S/C13H17N3S/c1-8-12(14-2)10-6-9-7-16(3)5-4-11(9)15-13(10)17-8/h6,14H,4-5,7H2,1-3H3. The van der Waals surface area contributed by atoms with E-state index in [1.165, 1.54) is 32.0 Å². The molecule has 0 unspecified atom stereocenters. The quantitative estimate of drug-likeness (QED) is 0.839. The van der Waals surface area contributed by atoms with Gasteiger partial charge in [-0.25, -0.2) is 4.98 Å². The van der Waals surface area contributed by atoms with Crippen LogP contribution in [0.25, 0.3) is 10.2 Å². The second-order valence-electron chi connectivity index (χ2n) is 4.72. The maximum atomic E-state index is 4.83. The molecule has 1 aliphatic rings. The zero-order valence-electron chi connectivity index (χ0n) is 10.5. The van der Waals surface area contributed by atoms with E-state index in [-0.39, 0.29) is 0 Å². The molecule has 0 saturated heterocycles. The summed E-state index contributed by atoms with van der Waals surface area (Å²) in [5, 5.41) is 4.57. The molecule has 1 aliphatic heterocycles. The minimum atomic E-state index is 1.02. The summed E-state index contributed by atoms with van der Waals surface area (Å²) in [5.74, 6) is 0. The lowest BCUT2D eigenvalue weighted by atomic mass is 10.0. The number of nitrogens with zero attached hydrogens (tertiary/aromatic N) is 2. The number of hydrogen-bond donors (Lipinski definition) is 1.